The minimum Gasteiger partial charge on any atom is -0.468 e. The van der Waals surface area contributed by atoms with E-state index in [0.29, 0.717) is 6.54 Å². The van der Waals surface area contributed by atoms with E-state index in [0.717, 1.165) is 25.9 Å². The Morgan fingerprint density at radius 3 is 3.08 bits per heavy atom. The second-order valence-corrected chi connectivity index (χ2v) is 3.14. The minimum absolute atomic E-state index is 0.162. The molecule has 1 aliphatic heterocycles. The van der Waals surface area contributed by atoms with E-state index < -0.39 is 0 Å². The van der Waals surface area contributed by atoms with E-state index in [2.05, 4.69) is 16.2 Å². The Balaban J connectivity index is 2.32. The fraction of sp³-hybridized carbons (Fsp3) is 0.667. The first-order valence-electron chi connectivity index (χ1n) is 4.18. The fourth-order valence-corrected chi connectivity index (χ4v) is 1.41. The van der Waals surface area contributed by atoms with E-state index in [9.17, 15) is 4.79 Å². The molecule has 0 atom stereocenters. The molecule has 1 fully saturated rings. The van der Waals surface area contributed by atoms with Crippen LogP contribution in [0.3, 0.4) is 0 Å². The molecule has 1 rings (SSSR count). The van der Waals surface area contributed by atoms with Crippen LogP contribution in [0, 0.1) is 0 Å². The van der Waals surface area contributed by atoms with Gasteiger partial charge in [0.05, 0.1) is 13.7 Å². The van der Waals surface area contributed by atoms with Gasteiger partial charge in [0.2, 0.25) is 0 Å². The van der Waals surface area contributed by atoms with Crippen molar-refractivity contribution in [3.05, 3.63) is 12.2 Å². The van der Waals surface area contributed by atoms with Crippen molar-refractivity contribution >= 4 is 5.97 Å². The molecule has 0 bridgehead atoms. The van der Waals surface area contributed by atoms with Crippen molar-refractivity contribution in [2.24, 2.45) is 0 Å². The number of methoxy groups -OCH3 is 1. The van der Waals surface area contributed by atoms with Crippen molar-refractivity contribution in [2.45, 2.75) is 12.8 Å². The normalized spacial score (nSPS) is 19.2. The summed E-state index contributed by atoms with van der Waals surface area (Å²) in [4.78, 5) is 13.0. The maximum absolute atomic E-state index is 10.9. The van der Waals surface area contributed by atoms with E-state index in [1.54, 1.807) is 0 Å². The third kappa shape index (κ3) is 2.66. The molecule has 68 valence electrons. The number of carbonyl (C=O) groups excluding carboxylic acids is 1. The van der Waals surface area contributed by atoms with E-state index in [1.807, 2.05) is 0 Å². The molecule has 1 saturated heterocycles. The standard InChI is InChI=1S/C9H15NO2/c1-8-4-3-5-10(6-8)7-9(11)12-2/h1,3-7H2,2H3. The number of nitrogens with zero attached hydrogens (tertiary/aromatic N) is 1. The molecule has 3 heteroatoms. The highest BCUT2D eigenvalue weighted by atomic mass is 16.5. The van der Waals surface area contributed by atoms with Crippen molar-refractivity contribution in [1.29, 1.82) is 0 Å². The van der Waals surface area contributed by atoms with Crippen LogP contribution in [0.25, 0.3) is 0 Å². The lowest BCUT2D eigenvalue weighted by molar-refractivity contribution is -0.141. The lowest BCUT2D eigenvalue weighted by atomic mass is 10.1. The molecule has 0 aromatic heterocycles. The number of hydrogen-bond acceptors (Lipinski definition) is 3. The molecule has 12 heavy (non-hydrogen) atoms. The Morgan fingerprint density at radius 2 is 2.50 bits per heavy atom. The molecular weight excluding hydrogens is 154 g/mol. The Morgan fingerprint density at radius 1 is 1.75 bits per heavy atom. The monoisotopic (exact) mass is 169 g/mol. The van der Waals surface area contributed by atoms with Gasteiger partial charge in [0, 0.05) is 6.54 Å². The zero-order valence-corrected chi connectivity index (χ0v) is 7.51. The summed E-state index contributed by atoms with van der Waals surface area (Å²) < 4.78 is 4.58. The summed E-state index contributed by atoms with van der Waals surface area (Å²) in [6.45, 7) is 6.12. The zero-order chi connectivity index (χ0) is 8.97. The van der Waals surface area contributed by atoms with Crippen LogP contribution in [0.2, 0.25) is 0 Å². The Labute approximate surface area is 73.0 Å². The van der Waals surface area contributed by atoms with E-state index >= 15 is 0 Å². The van der Waals surface area contributed by atoms with Crippen LogP contribution in [0.5, 0.6) is 0 Å². The van der Waals surface area contributed by atoms with Crippen molar-refractivity contribution in [1.82, 2.24) is 4.90 Å². The van der Waals surface area contributed by atoms with Crippen LogP contribution in [0.15, 0.2) is 12.2 Å². The van der Waals surface area contributed by atoms with Crippen LogP contribution in [-0.2, 0) is 9.53 Å². The first kappa shape index (κ1) is 9.26. The average molecular weight is 169 g/mol. The zero-order valence-electron chi connectivity index (χ0n) is 7.51. The quantitative estimate of drug-likeness (QED) is 0.452. The Hall–Kier alpha value is -0.830. The number of piperidine rings is 1. The summed E-state index contributed by atoms with van der Waals surface area (Å²) in [6, 6.07) is 0. The van der Waals surface area contributed by atoms with Crippen molar-refractivity contribution in [2.75, 3.05) is 26.7 Å². The fourth-order valence-electron chi connectivity index (χ4n) is 1.41. The highest BCUT2D eigenvalue weighted by molar-refractivity contribution is 5.71. The SMILES string of the molecule is C=C1CCCN(CC(=O)OC)C1. The molecular formula is C9H15NO2. The average Bonchev–Trinajstić information content (AvgIpc) is 2.04. The smallest absolute Gasteiger partial charge is 0.319 e. The predicted molar refractivity (Wildman–Crippen MR) is 46.8 cm³/mol. The summed E-state index contributed by atoms with van der Waals surface area (Å²) in [7, 11) is 1.42. The van der Waals surface area contributed by atoms with Gasteiger partial charge in [-0.3, -0.25) is 9.69 Å². The molecule has 0 saturated carbocycles. The van der Waals surface area contributed by atoms with Crippen LogP contribution in [0.4, 0.5) is 0 Å². The van der Waals surface area contributed by atoms with Gasteiger partial charge in [-0.25, -0.2) is 0 Å². The predicted octanol–water partition coefficient (Wildman–Crippen LogP) is 0.811. The number of hydrogen-bond donors (Lipinski definition) is 0. The van der Waals surface area contributed by atoms with E-state index in [4.69, 9.17) is 0 Å². The van der Waals surface area contributed by atoms with Gasteiger partial charge in [0.1, 0.15) is 0 Å². The summed E-state index contributed by atoms with van der Waals surface area (Å²) in [6.07, 6.45) is 2.20. The highest BCUT2D eigenvalue weighted by Gasteiger charge is 2.15. The van der Waals surface area contributed by atoms with Gasteiger partial charge in [-0.1, -0.05) is 12.2 Å². The largest absolute Gasteiger partial charge is 0.468 e. The Bertz CT molecular complexity index is 189. The molecule has 0 aromatic carbocycles. The van der Waals surface area contributed by atoms with Gasteiger partial charge in [0.15, 0.2) is 0 Å². The molecule has 1 heterocycles. The lowest BCUT2D eigenvalue weighted by Gasteiger charge is -2.26. The summed E-state index contributed by atoms with van der Waals surface area (Å²) in [5.74, 6) is -0.162. The number of carbonyl (C=O) groups is 1. The first-order valence-corrected chi connectivity index (χ1v) is 4.18. The van der Waals surface area contributed by atoms with E-state index in [-0.39, 0.29) is 5.97 Å². The van der Waals surface area contributed by atoms with Gasteiger partial charge in [0.25, 0.3) is 0 Å². The second-order valence-electron chi connectivity index (χ2n) is 3.14. The highest BCUT2D eigenvalue weighted by Crippen LogP contribution is 2.12. The molecule has 0 N–H and O–H groups in total. The van der Waals surface area contributed by atoms with Crippen molar-refractivity contribution in [3.63, 3.8) is 0 Å². The van der Waals surface area contributed by atoms with Crippen LogP contribution in [-0.4, -0.2) is 37.6 Å². The topological polar surface area (TPSA) is 29.5 Å². The summed E-state index contributed by atoms with van der Waals surface area (Å²) in [5.41, 5.74) is 1.21. The van der Waals surface area contributed by atoms with Crippen molar-refractivity contribution in [3.8, 4) is 0 Å². The van der Waals surface area contributed by atoms with Gasteiger partial charge < -0.3 is 4.74 Å². The second kappa shape index (κ2) is 4.26. The summed E-state index contributed by atoms with van der Waals surface area (Å²) in [5, 5.41) is 0. The molecule has 0 aliphatic carbocycles. The molecule has 0 radical (unpaired) electrons. The van der Waals surface area contributed by atoms with Crippen LogP contribution >= 0.6 is 0 Å². The maximum atomic E-state index is 10.9. The van der Waals surface area contributed by atoms with Crippen molar-refractivity contribution < 1.29 is 9.53 Å². The molecule has 0 spiro atoms. The molecule has 0 unspecified atom stereocenters. The molecule has 3 nitrogen and oxygen atoms in total. The van der Waals surface area contributed by atoms with Gasteiger partial charge >= 0.3 is 5.97 Å². The number of ether oxygens (including phenoxy) is 1. The van der Waals surface area contributed by atoms with Gasteiger partial charge in [-0.2, -0.15) is 0 Å². The molecule has 1 aliphatic rings. The van der Waals surface area contributed by atoms with Crippen LogP contribution in [0.1, 0.15) is 12.8 Å². The first-order chi connectivity index (χ1) is 5.72. The number of likely N-dealkylation sites (tertiary alicyclic amines) is 1. The van der Waals surface area contributed by atoms with Crippen LogP contribution < -0.4 is 0 Å². The number of rotatable bonds is 2. The van der Waals surface area contributed by atoms with Gasteiger partial charge in [-0.15, -0.1) is 0 Å². The minimum atomic E-state index is -0.162. The Kier molecular flexibility index (Phi) is 3.29. The maximum Gasteiger partial charge on any atom is 0.319 e. The lowest BCUT2D eigenvalue weighted by Crippen LogP contribution is -2.35. The third-order valence-electron chi connectivity index (χ3n) is 2.03. The third-order valence-corrected chi connectivity index (χ3v) is 2.03. The summed E-state index contributed by atoms with van der Waals surface area (Å²) >= 11 is 0. The molecule has 0 aromatic rings. The number of esters is 1. The molecule has 0 amide bonds. The van der Waals surface area contributed by atoms with E-state index in [1.165, 1.54) is 12.7 Å². The van der Waals surface area contributed by atoms with Gasteiger partial charge in [-0.05, 0) is 19.4 Å².